The van der Waals surface area contributed by atoms with Crippen LogP contribution < -0.4 is 0 Å². The third-order valence-electron chi connectivity index (χ3n) is 3.17. The van der Waals surface area contributed by atoms with Crippen LogP contribution in [0.2, 0.25) is 5.02 Å². The molecule has 90 valence electrons. The number of halogens is 1. The van der Waals surface area contributed by atoms with Gasteiger partial charge in [0, 0.05) is 25.5 Å². The zero-order valence-corrected chi connectivity index (χ0v) is 11.9. The van der Waals surface area contributed by atoms with Crippen molar-refractivity contribution in [2.45, 2.75) is 13.8 Å². The average Bonchev–Trinajstić information content (AvgIpc) is 2.66. The van der Waals surface area contributed by atoms with Gasteiger partial charge < -0.3 is 0 Å². The van der Waals surface area contributed by atoms with Gasteiger partial charge in [0.05, 0.1) is 0 Å². The van der Waals surface area contributed by atoms with E-state index in [1.807, 2.05) is 17.4 Å². The first-order valence-corrected chi connectivity index (χ1v) is 7.10. The molecule has 0 aliphatic carbocycles. The van der Waals surface area contributed by atoms with Gasteiger partial charge in [-0.25, -0.2) is 0 Å². The van der Waals surface area contributed by atoms with E-state index in [9.17, 15) is 0 Å². The summed E-state index contributed by atoms with van der Waals surface area (Å²) in [6.07, 6.45) is 0. The fourth-order valence-corrected chi connectivity index (χ4v) is 3.51. The van der Waals surface area contributed by atoms with Gasteiger partial charge in [-0.05, 0) is 37.6 Å². The van der Waals surface area contributed by atoms with Crippen LogP contribution in [0.25, 0.3) is 21.2 Å². The summed E-state index contributed by atoms with van der Waals surface area (Å²) in [5.74, 6) is 0. The molecule has 2 heteroatoms. The minimum absolute atomic E-state index is 0.800. The minimum atomic E-state index is 0.800. The Morgan fingerprint density at radius 1 is 0.944 bits per heavy atom. The SMILES string of the molecule is Cc1ccc(-c2c(C)sc3ccc(Cl)cc23)cc1. The van der Waals surface area contributed by atoms with Crippen LogP contribution >= 0.6 is 22.9 Å². The van der Waals surface area contributed by atoms with Gasteiger partial charge in [-0.1, -0.05) is 41.4 Å². The van der Waals surface area contributed by atoms with Gasteiger partial charge in [0.2, 0.25) is 0 Å². The number of hydrogen-bond donors (Lipinski definition) is 0. The Labute approximate surface area is 116 Å². The Kier molecular flexibility index (Phi) is 2.89. The highest BCUT2D eigenvalue weighted by Gasteiger charge is 2.11. The molecule has 2 aromatic carbocycles. The van der Waals surface area contributed by atoms with Crippen LogP contribution in [0.5, 0.6) is 0 Å². The van der Waals surface area contributed by atoms with Crippen LogP contribution in [-0.2, 0) is 0 Å². The highest BCUT2D eigenvalue weighted by atomic mass is 35.5. The molecule has 0 fully saturated rings. The van der Waals surface area contributed by atoms with Crippen LogP contribution in [0.4, 0.5) is 0 Å². The first-order valence-electron chi connectivity index (χ1n) is 5.91. The Morgan fingerprint density at radius 2 is 1.67 bits per heavy atom. The maximum absolute atomic E-state index is 6.12. The molecular weight excluding hydrogens is 260 g/mol. The molecule has 0 radical (unpaired) electrons. The number of aryl methyl sites for hydroxylation is 2. The third kappa shape index (κ3) is 1.94. The summed E-state index contributed by atoms with van der Waals surface area (Å²) in [5.41, 5.74) is 3.87. The lowest BCUT2D eigenvalue weighted by molar-refractivity contribution is 1.47. The van der Waals surface area contributed by atoms with Crippen LogP contribution in [-0.4, -0.2) is 0 Å². The predicted molar refractivity (Wildman–Crippen MR) is 81.7 cm³/mol. The molecule has 1 heterocycles. The molecule has 0 saturated heterocycles. The van der Waals surface area contributed by atoms with Crippen molar-refractivity contribution in [3.8, 4) is 11.1 Å². The van der Waals surface area contributed by atoms with Gasteiger partial charge in [-0.2, -0.15) is 0 Å². The van der Waals surface area contributed by atoms with E-state index >= 15 is 0 Å². The number of benzene rings is 2. The summed E-state index contributed by atoms with van der Waals surface area (Å²) in [7, 11) is 0. The lowest BCUT2D eigenvalue weighted by atomic mass is 10.0. The number of hydrogen-bond acceptors (Lipinski definition) is 1. The normalized spacial score (nSPS) is 11.1. The second-order valence-corrected chi connectivity index (χ2v) is 6.23. The summed E-state index contributed by atoms with van der Waals surface area (Å²) in [6.45, 7) is 4.28. The van der Waals surface area contributed by atoms with Crippen molar-refractivity contribution in [3.63, 3.8) is 0 Å². The monoisotopic (exact) mass is 272 g/mol. The Morgan fingerprint density at radius 3 is 2.39 bits per heavy atom. The zero-order valence-electron chi connectivity index (χ0n) is 10.3. The zero-order chi connectivity index (χ0) is 12.7. The van der Waals surface area contributed by atoms with E-state index in [-0.39, 0.29) is 0 Å². The van der Waals surface area contributed by atoms with Gasteiger partial charge in [-0.15, -0.1) is 11.3 Å². The maximum Gasteiger partial charge on any atom is 0.0413 e. The van der Waals surface area contributed by atoms with Gasteiger partial charge in [0.25, 0.3) is 0 Å². The number of thiophene rings is 1. The largest absolute Gasteiger partial charge is 0.140 e. The molecule has 0 aliphatic heterocycles. The van der Waals surface area contributed by atoms with Gasteiger partial charge >= 0.3 is 0 Å². The summed E-state index contributed by atoms with van der Waals surface area (Å²) in [5, 5.41) is 2.06. The van der Waals surface area contributed by atoms with E-state index in [2.05, 4.69) is 50.2 Å². The number of rotatable bonds is 1. The molecule has 0 N–H and O–H groups in total. The van der Waals surface area contributed by atoms with Crippen LogP contribution in [0.1, 0.15) is 10.4 Å². The van der Waals surface area contributed by atoms with Crippen molar-refractivity contribution in [2.24, 2.45) is 0 Å². The van der Waals surface area contributed by atoms with Crippen molar-refractivity contribution >= 4 is 33.0 Å². The lowest BCUT2D eigenvalue weighted by Gasteiger charge is -2.03. The molecule has 3 aromatic rings. The van der Waals surface area contributed by atoms with Crippen molar-refractivity contribution in [1.29, 1.82) is 0 Å². The molecule has 18 heavy (non-hydrogen) atoms. The van der Waals surface area contributed by atoms with E-state index in [4.69, 9.17) is 11.6 Å². The van der Waals surface area contributed by atoms with Crippen LogP contribution in [0.3, 0.4) is 0 Å². The van der Waals surface area contributed by atoms with E-state index in [1.165, 1.54) is 31.7 Å². The average molecular weight is 273 g/mol. The molecule has 0 spiro atoms. The molecular formula is C16H13ClS. The van der Waals surface area contributed by atoms with Crippen molar-refractivity contribution in [1.82, 2.24) is 0 Å². The molecule has 3 rings (SSSR count). The van der Waals surface area contributed by atoms with Crippen LogP contribution in [0, 0.1) is 13.8 Å². The quantitative estimate of drug-likeness (QED) is 0.522. The second-order valence-electron chi connectivity index (χ2n) is 4.54. The summed E-state index contributed by atoms with van der Waals surface area (Å²) in [4.78, 5) is 1.34. The molecule has 1 aromatic heterocycles. The summed E-state index contributed by atoms with van der Waals surface area (Å²) < 4.78 is 1.30. The third-order valence-corrected chi connectivity index (χ3v) is 4.49. The molecule has 0 unspecified atom stereocenters. The van der Waals surface area contributed by atoms with Crippen molar-refractivity contribution in [2.75, 3.05) is 0 Å². The number of fused-ring (bicyclic) bond motifs is 1. The van der Waals surface area contributed by atoms with Crippen molar-refractivity contribution in [3.05, 3.63) is 57.9 Å². The first-order chi connectivity index (χ1) is 8.65. The van der Waals surface area contributed by atoms with E-state index in [0.29, 0.717) is 0 Å². The molecule has 0 amide bonds. The first kappa shape index (κ1) is 11.8. The van der Waals surface area contributed by atoms with Crippen LogP contribution in [0.15, 0.2) is 42.5 Å². The van der Waals surface area contributed by atoms with Gasteiger partial charge in [0.1, 0.15) is 0 Å². The Hall–Kier alpha value is -1.31. The summed E-state index contributed by atoms with van der Waals surface area (Å²) >= 11 is 7.95. The minimum Gasteiger partial charge on any atom is -0.140 e. The topological polar surface area (TPSA) is 0 Å². The van der Waals surface area contributed by atoms with Gasteiger partial charge in [-0.3, -0.25) is 0 Å². The molecule has 0 aliphatic rings. The molecule has 0 nitrogen and oxygen atoms in total. The van der Waals surface area contributed by atoms with Gasteiger partial charge in [0.15, 0.2) is 0 Å². The lowest BCUT2D eigenvalue weighted by Crippen LogP contribution is -1.79. The molecule has 0 saturated carbocycles. The van der Waals surface area contributed by atoms with E-state index < -0.39 is 0 Å². The second kappa shape index (κ2) is 4.42. The highest BCUT2D eigenvalue weighted by molar-refractivity contribution is 7.19. The molecule has 0 bridgehead atoms. The Balaban J connectivity index is 2.30. The predicted octanol–water partition coefficient (Wildman–Crippen LogP) is 5.84. The Bertz CT molecular complexity index is 708. The smallest absolute Gasteiger partial charge is 0.0413 e. The standard InChI is InChI=1S/C16H13ClS/c1-10-3-5-12(6-4-10)16-11(2)18-15-8-7-13(17)9-14(15)16/h3-9H,1-2H3. The summed E-state index contributed by atoms with van der Waals surface area (Å²) in [6, 6.07) is 14.8. The van der Waals surface area contributed by atoms with Crippen molar-refractivity contribution < 1.29 is 0 Å². The van der Waals surface area contributed by atoms with E-state index in [0.717, 1.165) is 5.02 Å². The fourth-order valence-electron chi connectivity index (χ4n) is 2.27. The van der Waals surface area contributed by atoms with E-state index in [1.54, 1.807) is 0 Å². The fraction of sp³-hybridized carbons (Fsp3) is 0.125. The maximum atomic E-state index is 6.12. The highest BCUT2D eigenvalue weighted by Crippen LogP contribution is 2.39. The molecule has 0 atom stereocenters.